The second-order valence-electron chi connectivity index (χ2n) is 8.49. The van der Waals surface area contributed by atoms with Gasteiger partial charge in [-0.05, 0) is 43.7 Å². The maximum absolute atomic E-state index is 13.8. The zero-order valence-electron chi connectivity index (χ0n) is 18.4. The van der Waals surface area contributed by atoms with Crippen LogP contribution in [0.3, 0.4) is 0 Å². The number of pyridine rings is 1. The number of halogens is 2. The van der Waals surface area contributed by atoms with Gasteiger partial charge in [-0.15, -0.1) is 0 Å². The number of fused-ring (bicyclic) bond motifs is 1. The number of piperazine rings is 1. The first kappa shape index (κ1) is 21.3. The summed E-state index contributed by atoms with van der Waals surface area (Å²) < 4.78 is 27.3. The van der Waals surface area contributed by atoms with Crippen LogP contribution in [0.15, 0.2) is 48.9 Å². The first-order valence-corrected chi connectivity index (χ1v) is 11.0. The smallest absolute Gasteiger partial charge is 0.159 e. The van der Waals surface area contributed by atoms with E-state index in [4.69, 9.17) is 4.98 Å². The van der Waals surface area contributed by atoms with E-state index in [9.17, 15) is 8.78 Å². The maximum Gasteiger partial charge on any atom is 0.159 e. The zero-order chi connectivity index (χ0) is 22.9. The summed E-state index contributed by atoms with van der Waals surface area (Å²) in [5.41, 5.74) is 2.72. The average molecular weight is 450 g/mol. The SMILES string of the molecule is C[C@@H]1CN(c2cccc(CNc3ncnc4[nH]cc(-c5ccc(F)c(F)c5)c34)n2)C[C@H](C)N1. The Labute approximate surface area is 190 Å². The number of aromatic nitrogens is 4. The second-order valence-corrected chi connectivity index (χ2v) is 8.49. The fourth-order valence-corrected chi connectivity index (χ4v) is 4.42. The second kappa shape index (κ2) is 8.74. The standard InChI is InChI=1S/C24H25F2N7/c1-14-11-33(12-15(2)31-14)21-5-3-4-17(32-21)9-27-23-22-18(10-28-24(22)30-13-29-23)16-6-7-19(25)20(26)8-16/h3-8,10,13-15,31H,9,11-12H2,1-2H3,(H2,27,28,29,30)/t14-,15+. The van der Waals surface area contributed by atoms with Gasteiger partial charge in [0.1, 0.15) is 23.6 Å². The van der Waals surface area contributed by atoms with Crippen LogP contribution in [0.5, 0.6) is 0 Å². The minimum absolute atomic E-state index is 0.398. The molecule has 2 atom stereocenters. The summed E-state index contributed by atoms with van der Waals surface area (Å²) in [4.78, 5) is 18.9. The number of nitrogens with one attached hydrogen (secondary N) is 3. The van der Waals surface area contributed by atoms with Crippen LogP contribution in [0.25, 0.3) is 22.2 Å². The molecule has 1 saturated heterocycles. The van der Waals surface area contributed by atoms with Gasteiger partial charge in [0.15, 0.2) is 11.6 Å². The van der Waals surface area contributed by atoms with Gasteiger partial charge in [0, 0.05) is 36.9 Å². The molecule has 33 heavy (non-hydrogen) atoms. The highest BCUT2D eigenvalue weighted by atomic mass is 19.2. The van der Waals surface area contributed by atoms with Gasteiger partial charge >= 0.3 is 0 Å². The Morgan fingerprint density at radius 3 is 2.67 bits per heavy atom. The van der Waals surface area contributed by atoms with Crippen LogP contribution in [0, 0.1) is 11.6 Å². The molecular formula is C24H25F2N7. The van der Waals surface area contributed by atoms with Crippen molar-refractivity contribution in [2.45, 2.75) is 32.5 Å². The van der Waals surface area contributed by atoms with Crippen molar-refractivity contribution in [1.82, 2.24) is 25.3 Å². The van der Waals surface area contributed by atoms with Crippen LogP contribution in [0.4, 0.5) is 20.4 Å². The molecular weight excluding hydrogens is 424 g/mol. The summed E-state index contributed by atoms with van der Waals surface area (Å²) in [6, 6.07) is 10.6. The molecule has 1 aromatic carbocycles. The van der Waals surface area contributed by atoms with E-state index < -0.39 is 11.6 Å². The molecule has 4 aromatic rings. The molecule has 3 N–H and O–H groups in total. The minimum atomic E-state index is -0.897. The zero-order valence-corrected chi connectivity index (χ0v) is 18.4. The lowest BCUT2D eigenvalue weighted by atomic mass is 10.1. The number of anilines is 2. The molecule has 3 aromatic heterocycles. The van der Waals surface area contributed by atoms with Gasteiger partial charge < -0.3 is 20.5 Å². The topological polar surface area (TPSA) is 81.8 Å². The Bertz CT molecular complexity index is 1280. The molecule has 0 unspecified atom stereocenters. The monoisotopic (exact) mass is 449 g/mol. The van der Waals surface area contributed by atoms with Gasteiger partial charge in [-0.2, -0.15) is 0 Å². The average Bonchev–Trinajstić information content (AvgIpc) is 3.24. The van der Waals surface area contributed by atoms with Crippen molar-refractivity contribution in [3.8, 4) is 11.1 Å². The van der Waals surface area contributed by atoms with Crippen molar-refractivity contribution in [2.24, 2.45) is 0 Å². The number of nitrogens with zero attached hydrogens (tertiary/aromatic N) is 4. The summed E-state index contributed by atoms with van der Waals surface area (Å²) in [6.07, 6.45) is 3.19. The third-order valence-electron chi connectivity index (χ3n) is 5.81. The Balaban J connectivity index is 1.40. The third-order valence-corrected chi connectivity index (χ3v) is 5.81. The van der Waals surface area contributed by atoms with E-state index in [-0.39, 0.29) is 0 Å². The normalized spacial score (nSPS) is 18.6. The fourth-order valence-electron chi connectivity index (χ4n) is 4.42. The lowest BCUT2D eigenvalue weighted by Gasteiger charge is -2.37. The van der Waals surface area contributed by atoms with Crippen molar-refractivity contribution < 1.29 is 8.78 Å². The predicted octanol–water partition coefficient (Wildman–Crippen LogP) is 4.10. The number of hydrogen-bond donors (Lipinski definition) is 3. The summed E-state index contributed by atoms with van der Waals surface area (Å²) in [6.45, 7) is 6.62. The Kier molecular flexibility index (Phi) is 5.63. The lowest BCUT2D eigenvalue weighted by Crippen LogP contribution is -2.54. The van der Waals surface area contributed by atoms with Crippen LogP contribution in [0.2, 0.25) is 0 Å². The lowest BCUT2D eigenvalue weighted by molar-refractivity contribution is 0.405. The van der Waals surface area contributed by atoms with Gasteiger partial charge in [0.2, 0.25) is 0 Å². The van der Waals surface area contributed by atoms with Crippen molar-refractivity contribution in [2.75, 3.05) is 23.3 Å². The molecule has 0 radical (unpaired) electrons. The van der Waals surface area contributed by atoms with Crippen LogP contribution in [-0.4, -0.2) is 45.1 Å². The van der Waals surface area contributed by atoms with Crippen molar-refractivity contribution in [3.05, 3.63) is 66.3 Å². The van der Waals surface area contributed by atoms with Gasteiger partial charge in [-0.1, -0.05) is 12.1 Å². The van der Waals surface area contributed by atoms with Gasteiger partial charge in [0.25, 0.3) is 0 Å². The molecule has 0 spiro atoms. The Hall–Kier alpha value is -3.59. The van der Waals surface area contributed by atoms with E-state index in [1.807, 2.05) is 18.2 Å². The fraction of sp³-hybridized carbons (Fsp3) is 0.292. The number of aromatic amines is 1. The Morgan fingerprint density at radius 1 is 1.06 bits per heavy atom. The molecule has 0 aliphatic carbocycles. The molecule has 9 heteroatoms. The predicted molar refractivity (Wildman–Crippen MR) is 125 cm³/mol. The molecule has 0 bridgehead atoms. The van der Waals surface area contributed by atoms with Crippen LogP contribution >= 0.6 is 0 Å². The molecule has 4 heterocycles. The molecule has 170 valence electrons. The molecule has 1 aliphatic rings. The van der Waals surface area contributed by atoms with Crippen LogP contribution in [-0.2, 0) is 6.54 Å². The summed E-state index contributed by atoms with van der Waals surface area (Å²) in [5.74, 6) is -0.234. The summed E-state index contributed by atoms with van der Waals surface area (Å²) in [5, 5.41) is 7.59. The van der Waals surface area contributed by atoms with E-state index in [0.29, 0.717) is 46.6 Å². The summed E-state index contributed by atoms with van der Waals surface area (Å²) >= 11 is 0. The van der Waals surface area contributed by atoms with Gasteiger partial charge in [0.05, 0.1) is 17.6 Å². The molecule has 1 aliphatic heterocycles. The molecule has 1 fully saturated rings. The highest BCUT2D eigenvalue weighted by Crippen LogP contribution is 2.32. The maximum atomic E-state index is 13.8. The highest BCUT2D eigenvalue weighted by Gasteiger charge is 2.22. The molecule has 0 saturated carbocycles. The van der Waals surface area contributed by atoms with Crippen molar-refractivity contribution >= 4 is 22.7 Å². The third kappa shape index (κ3) is 4.36. The summed E-state index contributed by atoms with van der Waals surface area (Å²) in [7, 11) is 0. The van der Waals surface area contributed by atoms with Crippen molar-refractivity contribution in [1.29, 1.82) is 0 Å². The number of H-pyrrole nitrogens is 1. The Morgan fingerprint density at radius 2 is 1.88 bits per heavy atom. The van der Waals surface area contributed by atoms with Crippen LogP contribution in [0.1, 0.15) is 19.5 Å². The molecule has 7 nitrogen and oxygen atoms in total. The number of rotatable bonds is 5. The van der Waals surface area contributed by atoms with E-state index in [2.05, 4.69) is 44.3 Å². The number of benzene rings is 1. The quantitative estimate of drug-likeness (QED) is 0.426. The molecule has 5 rings (SSSR count). The molecule has 0 amide bonds. The van der Waals surface area contributed by atoms with Crippen molar-refractivity contribution in [3.63, 3.8) is 0 Å². The largest absolute Gasteiger partial charge is 0.364 e. The first-order valence-electron chi connectivity index (χ1n) is 11.0. The minimum Gasteiger partial charge on any atom is -0.364 e. The van der Waals surface area contributed by atoms with Gasteiger partial charge in [-0.25, -0.2) is 23.7 Å². The van der Waals surface area contributed by atoms with E-state index in [1.54, 1.807) is 6.20 Å². The van der Waals surface area contributed by atoms with Crippen LogP contribution < -0.4 is 15.5 Å². The first-order chi connectivity index (χ1) is 16.0. The van der Waals surface area contributed by atoms with E-state index in [1.165, 1.54) is 18.5 Å². The highest BCUT2D eigenvalue weighted by molar-refractivity contribution is 6.00. The van der Waals surface area contributed by atoms with E-state index >= 15 is 0 Å². The van der Waals surface area contributed by atoms with E-state index in [0.717, 1.165) is 30.7 Å². The number of hydrogen-bond acceptors (Lipinski definition) is 6. The van der Waals surface area contributed by atoms with Gasteiger partial charge in [-0.3, -0.25) is 0 Å².